The summed E-state index contributed by atoms with van der Waals surface area (Å²) in [6.45, 7) is 7.89. The highest BCUT2D eigenvalue weighted by atomic mass is 16.5. The van der Waals surface area contributed by atoms with Gasteiger partial charge in [0.15, 0.2) is 0 Å². The van der Waals surface area contributed by atoms with Gasteiger partial charge in [0.2, 0.25) is 5.76 Å². The number of hydrogen-bond acceptors (Lipinski definition) is 4. The summed E-state index contributed by atoms with van der Waals surface area (Å²) in [5.41, 5.74) is 0.902. The maximum Gasteiger partial charge on any atom is 0.371 e. The van der Waals surface area contributed by atoms with Crippen LogP contribution in [0.4, 0.5) is 0 Å². The molecule has 0 unspecified atom stereocenters. The third-order valence-corrected chi connectivity index (χ3v) is 2.60. The highest BCUT2D eigenvalue weighted by Gasteiger charge is 2.14. The fraction of sp³-hybridized carbons (Fsp3) is 0.615. The number of rotatable bonds is 7. The number of likely N-dealkylation sites (N-methyl/N-ethyl adjacent to an activating group) is 1. The van der Waals surface area contributed by atoms with Crippen LogP contribution < -0.4 is 0 Å². The number of aromatic carboxylic acids is 1. The molecule has 102 valence electrons. The molecule has 0 aliphatic heterocycles. The van der Waals surface area contributed by atoms with Gasteiger partial charge in [-0.25, -0.2) is 4.79 Å². The third kappa shape index (κ3) is 4.50. The average molecular weight is 255 g/mol. The first-order valence-electron chi connectivity index (χ1n) is 6.03. The fourth-order valence-electron chi connectivity index (χ4n) is 1.60. The zero-order valence-electron chi connectivity index (χ0n) is 11.4. The van der Waals surface area contributed by atoms with Gasteiger partial charge in [0.1, 0.15) is 5.76 Å². The molecule has 0 atom stereocenters. The van der Waals surface area contributed by atoms with E-state index in [2.05, 4.69) is 4.90 Å². The Morgan fingerprint density at radius 3 is 2.72 bits per heavy atom. The van der Waals surface area contributed by atoms with E-state index >= 15 is 0 Å². The molecule has 1 aromatic heterocycles. The van der Waals surface area contributed by atoms with Crippen molar-refractivity contribution in [3.63, 3.8) is 0 Å². The van der Waals surface area contributed by atoms with Crippen molar-refractivity contribution in [3.05, 3.63) is 23.2 Å². The molecule has 0 saturated carbocycles. The van der Waals surface area contributed by atoms with Crippen molar-refractivity contribution in [3.8, 4) is 0 Å². The normalized spacial score (nSPS) is 11.4. The van der Waals surface area contributed by atoms with Crippen LogP contribution in [0.5, 0.6) is 0 Å². The zero-order valence-corrected chi connectivity index (χ0v) is 11.4. The molecular formula is C13H21NO4. The molecule has 1 aromatic rings. The summed E-state index contributed by atoms with van der Waals surface area (Å²) in [5.74, 6) is -0.381. The highest BCUT2D eigenvalue weighted by molar-refractivity contribution is 5.84. The number of carbonyl (C=O) groups is 1. The number of hydrogen-bond donors (Lipinski definition) is 1. The van der Waals surface area contributed by atoms with E-state index in [0.29, 0.717) is 18.9 Å². The first-order valence-corrected chi connectivity index (χ1v) is 6.03. The first kappa shape index (κ1) is 14.7. The van der Waals surface area contributed by atoms with Crippen molar-refractivity contribution >= 4 is 5.97 Å². The second-order valence-corrected chi connectivity index (χ2v) is 4.65. The highest BCUT2D eigenvalue weighted by Crippen LogP contribution is 2.16. The van der Waals surface area contributed by atoms with Gasteiger partial charge in [0.05, 0.1) is 12.7 Å². The summed E-state index contributed by atoms with van der Waals surface area (Å²) in [4.78, 5) is 12.8. The topological polar surface area (TPSA) is 62.9 Å². The molecule has 1 rings (SSSR count). The number of aryl methyl sites for hydroxylation is 1. The Morgan fingerprint density at radius 2 is 2.22 bits per heavy atom. The second kappa shape index (κ2) is 6.56. The fourth-order valence-corrected chi connectivity index (χ4v) is 1.60. The van der Waals surface area contributed by atoms with Crippen LogP contribution in [-0.4, -0.2) is 42.3 Å². The number of nitrogens with zero attached hydrogens (tertiary/aromatic N) is 1. The number of furan rings is 1. The number of carboxylic acid groups (broad SMARTS) is 1. The van der Waals surface area contributed by atoms with Gasteiger partial charge in [-0.2, -0.15) is 0 Å². The van der Waals surface area contributed by atoms with Crippen molar-refractivity contribution in [2.24, 2.45) is 0 Å². The summed E-state index contributed by atoms with van der Waals surface area (Å²) >= 11 is 0. The number of carboxylic acids is 1. The quantitative estimate of drug-likeness (QED) is 0.808. The molecular weight excluding hydrogens is 234 g/mol. The third-order valence-electron chi connectivity index (χ3n) is 2.60. The minimum Gasteiger partial charge on any atom is -0.475 e. The van der Waals surface area contributed by atoms with Crippen LogP contribution in [0.25, 0.3) is 0 Å². The lowest BCUT2D eigenvalue weighted by atomic mass is 10.2. The Bertz CT molecular complexity index is 398. The maximum absolute atomic E-state index is 10.8. The summed E-state index contributed by atoms with van der Waals surface area (Å²) in [6, 6.07) is 1.58. The largest absolute Gasteiger partial charge is 0.475 e. The summed E-state index contributed by atoms with van der Waals surface area (Å²) in [7, 11) is 1.97. The lowest BCUT2D eigenvalue weighted by Crippen LogP contribution is -2.24. The van der Waals surface area contributed by atoms with Crippen LogP contribution >= 0.6 is 0 Å². The molecule has 0 aromatic carbocycles. The molecule has 18 heavy (non-hydrogen) atoms. The average Bonchev–Trinajstić information content (AvgIpc) is 2.60. The summed E-state index contributed by atoms with van der Waals surface area (Å²) < 4.78 is 10.6. The lowest BCUT2D eigenvalue weighted by molar-refractivity contribution is 0.0626. The Kier molecular flexibility index (Phi) is 5.37. The van der Waals surface area contributed by atoms with Crippen LogP contribution in [0.3, 0.4) is 0 Å². The van der Waals surface area contributed by atoms with E-state index in [1.807, 2.05) is 20.9 Å². The van der Waals surface area contributed by atoms with Gasteiger partial charge >= 0.3 is 5.97 Å². The van der Waals surface area contributed by atoms with Crippen LogP contribution in [0.2, 0.25) is 0 Å². The molecule has 0 spiro atoms. The van der Waals surface area contributed by atoms with Gasteiger partial charge < -0.3 is 14.3 Å². The minimum absolute atomic E-state index is 0.00525. The zero-order chi connectivity index (χ0) is 13.7. The van der Waals surface area contributed by atoms with E-state index in [0.717, 1.165) is 12.1 Å². The van der Waals surface area contributed by atoms with Gasteiger partial charge in [-0.05, 0) is 33.9 Å². The predicted molar refractivity (Wildman–Crippen MR) is 67.8 cm³/mol. The SMILES string of the molecule is Cc1oc(C(=O)O)cc1CN(C)CCOC(C)C. The molecule has 0 aliphatic carbocycles. The molecule has 0 amide bonds. The second-order valence-electron chi connectivity index (χ2n) is 4.65. The van der Waals surface area contributed by atoms with Crippen molar-refractivity contribution in [1.29, 1.82) is 0 Å². The molecule has 0 fully saturated rings. The standard InChI is InChI=1S/C13H21NO4/c1-9(2)17-6-5-14(4)8-11-7-12(13(15)16)18-10(11)3/h7,9H,5-6,8H2,1-4H3,(H,15,16). The van der Waals surface area contributed by atoms with Gasteiger partial charge in [-0.1, -0.05) is 0 Å². The van der Waals surface area contributed by atoms with Crippen molar-refractivity contribution in [2.45, 2.75) is 33.4 Å². The number of ether oxygens (including phenoxy) is 1. The molecule has 1 N–H and O–H groups in total. The Morgan fingerprint density at radius 1 is 1.56 bits per heavy atom. The Balaban J connectivity index is 2.48. The smallest absolute Gasteiger partial charge is 0.371 e. The van der Waals surface area contributed by atoms with Crippen LogP contribution in [0.15, 0.2) is 10.5 Å². The van der Waals surface area contributed by atoms with Gasteiger partial charge in [0.25, 0.3) is 0 Å². The Labute approximate surface area is 107 Å². The summed E-state index contributed by atoms with van der Waals surface area (Å²) in [6.07, 6.45) is 0.229. The Hall–Kier alpha value is -1.33. The van der Waals surface area contributed by atoms with E-state index in [4.69, 9.17) is 14.3 Å². The molecule has 0 radical (unpaired) electrons. The van der Waals surface area contributed by atoms with Crippen LogP contribution in [0.1, 0.15) is 35.7 Å². The van der Waals surface area contributed by atoms with E-state index in [1.54, 1.807) is 13.0 Å². The van der Waals surface area contributed by atoms with Crippen molar-refractivity contribution in [2.75, 3.05) is 20.2 Å². The van der Waals surface area contributed by atoms with Gasteiger partial charge in [0, 0.05) is 18.7 Å². The van der Waals surface area contributed by atoms with E-state index in [9.17, 15) is 4.79 Å². The van der Waals surface area contributed by atoms with Gasteiger partial charge in [-0.3, -0.25) is 4.90 Å². The van der Waals surface area contributed by atoms with E-state index in [-0.39, 0.29) is 11.9 Å². The molecule has 5 heteroatoms. The predicted octanol–water partition coefficient (Wildman–Crippen LogP) is 2.14. The molecule has 0 bridgehead atoms. The van der Waals surface area contributed by atoms with Crippen LogP contribution in [-0.2, 0) is 11.3 Å². The monoisotopic (exact) mass is 255 g/mol. The minimum atomic E-state index is -1.03. The van der Waals surface area contributed by atoms with Crippen molar-refractivity contribution in [1.82, 2.24) is 4.90 Å². The molecule has 1 heterocycles. The first-order chi connectivity index (χ1) is 8.40. The molecule has 0 saturated heterocycles. The molecule has 0 aliphatic rings. The van der Waals surface area contributed by atoms with E-state index in [1.165, 1.54) is 0 Å². The maximum atomic E-state index is 10.8. The lowest BCUT2D eigenvalue weighted by Gasteiger charge is -2.17. The summed E-state index contributed by atoms with van der Waals surface area (Å²) in [5, 5.41) is 8.83. The molecule has 5 nitrogen and oxygen atoms in total. The van der Waals surface area contributed by atoms with E-state index < -0.39 is 5.97 Å². The van der Waals surface area contributed by atoms with Gasteiger partial charge in [-0.15, -0.1) is 0 Å². The van der Waals surface area contributed by atoms with Crippen LogP contribution in [0, 0.1) is 6.92 Å². The van der Waals surface area contributed by atoms with Crippen molar-refractivity contribution < 1.29 is 19.1 Å².